The van der Waals surface area contributed by atoms with E-state index >= 15 is 0 Å². The normalized spacial score (nSPS) is 10.8. The summed E-state index contributed by atoms with van der Waals surface area (Å²) in [4.78, 5) is 22.5. The van der Waals surface area contributed by atoms with Crippen LogP contribution in [-0.4, -0.2) is 20.6 Å². The molecule has 1 N–H and O–H groups in total. The third kappa shape index (κ3) is 4.02. The van der Waals surface area contributed by atoms with Gasteiger partial charge in [0.1, 0.15) is 0 Å². The lowest BCUT2D eigenvalue weighted by Crippen LogP contribution is -2.09. The molecule has 0 spiro atoms. The Morgan fingerprint density at radius 1 is 1.23 bits per heavy atom. The van der Waals surface area contributed by atoms with Crippen LogP contribution < -0.4 is 5.32 Å². The number of nitrogens with zero attached hydrogens (tertiary/aromatic N) is 3. The van der Waals surface area contributed by atoms with Gasteiger partial charge in [0.15, 0.2) is 0 Å². The highest BCUT2D eigenvalue weighted by molar-refractivity contribution is 6.02. The number of amides is 1. The van der Waals surface area contributed by atoms with Gasteiger partial charge in [-0.3, -0.25) is 14.9 Å². The molecule has 0 saturated carbocycles. The minimum atomic E-state index is -0.497. The molecule has 3 aromatic rings. The van der Waals surface area contributed by atoms with Gasteiger partial charge in [-0.15, -0.1) is 0 Å². The van der Waals surface area contributed by atoms with Crippen molar-refractivity contribution in [2.45, 2.75) is 6.92 Å². The van der Waals surface area contributed by atoms with Crippen LogP contribution in [0.5, 0.6) is 0 Å². The molecule has 7 nitrogen and oxygen atoms in total. The Kier molecular flexibility index (Phi) is 4.89. The Morgan fingerprint density at radius 3 is 2.73 bits per heavy atom. The van der Waals surface area contributed by atoms with Crippen molar-refractivity contribution in [3.63, 3.8) is 0 Å². The van der Waals surface area contributed by atoms with Gasteiger partial charge in [-0.05, 0) is 30.7 Å². The SMILES string of the molecule is Cc1ccc([N+](=O)[O-])cc1NC(=O)/C=C/c1cnn(-c2ccccc2)c1. The molecule has 0 aliphatic heterocycles. The van der Waals surface area contributed by atoms with Gasteiger partial charge in [0.25, 0.3) is 5.69 Å². The van der Waals surface area contributed by atoms with E-state index in [4.69, 9.17) is 0 Å². The number of para-hydroxylation sites is 1. The smallest absolute Gasteiger partial charge is 0.271 e. The summed E-state index contributed by atoms with van der Waals surface area (Å²) in [7, 11) is 0. The molecular formula is C19H16N4O3. The zero-order valence-electron chi connectivity index (χ0n) is 14.0. The monoisotopic (exact) mass is 348 g/mol. The first-order valence-corrected chi connectivity index (χ1v) is 7.87. The number of hydrogen-bond donors (Lipinski definition) is 1. The molecule has 2 aromatic carbocycles. The van der Waals surface area contributed by atoms with Crippen LogP contribution >= 0.6 is 0 Å². The van der Waals surface area contributed by atoms with Crippen molar-refractivity contribution in [1.82, 2.24) is 9.78 Å². The van der Waals surface area contributed by atoms with Crippen LogP contribution in [0.4, 0.5) is 11.4 Å². The highest BCUT2D eigenvalue weighted by atomic mass is 16.6. The molecule has 0 radical (unpaired) electrons. The van der Waals surface area contributed by atoms with E-state index in [1.165, 1.54) is 18.2 Å². The van der Waals surface area contributed by atoms with Crippen LogP contribution in [0.2, 0.25) is 0 Å². The minimum absolute atomic E-state index is 0.0704. The van der Waals surface area contributed by atoms with Crippen LogP contribution in [0.3, 0.4) is 0 Å². The molecule has 7 heteroatoms. The fraction of sp³-hybridized carbons (Fsp3) is 0.0526. The van der Waals surface area contributed by atoms with Crippen molar-refractivity contribution in [2.75, 3.05) is 5.32 Å². The first-order valence-electron chi connectivity index (χ1n) is 7.87. The molecule has 1 amide bonds. The topological polar surface area (TPSA) is 90.1 Å². The molecule has 0 atom stereocenters. The number of aromatic nitrogens is 2. The summed E-state index contributed by atoms with van der Waals surface area (Å²) < 4.78 is 1.71. The molecule has 1 aromatic heterocycles. The molecule has 26 heavy (non-hydrogen) atoms. The van der Waals surface area contributed by atoms with Crippen LogP contribution in [0.15, 0.2) is 67.0 Å². The van der Waals surface area contributed by atoms with E-state index < -0.39 is 4.92 Å². The maximum absolute atomic E-state index is 12.1. The Bertz CT molecular complexity index is 977. The third-order valence-corrected chi connectivity index (χ3v) is 3.74. The number of carbonyl (C=O) groups excluding carboxylic acids is 1. The van der Waals surface area contributed by atoms with Gasteiger partial charge < -0.3 is 5.32 Å². The van der Waals surface area contributed by atoms with E-state index in [1.807, 2.05) is 30.3 Å². The summed E-state index contributed by atoms with van der Waals surface area (Å²) in [6.07, 6.45) is 6.45. The van der Waals surface area contributed by atoms with Crippen molar-refractivity contribution in [3.8, 4) is 5.69 Å². The maximum atomic E-state index is 12.1. The number of nitro benzene ring substituents is 1. The van der Waals surface area contributed by atoms with Gasteiger partial charge in [-0.25, -0.2) is 4.68 Å². The molecule has 0 fully saturated rings. The number of non-ortho nitro benzene ring substituents is 1. The summed E-state index contributed by atoms with van der Waals surface area (Å²) in [5.41, 5.74) is 2.77. The molecule has 0 aliphatic carbocycles. The second kappa shape index (κ2) is 7.43. The van der Waals surface area contributed by atoms with E-state index in [0.29, 0.717) is 5.69 Å². The highest BCUT2D eigenvalue weighted by Crippen LogP contribution is 2.21. The summed E-state index contributed by atoms with van der Waals surface area (Å²) >= 11 is 0. The number of hydrogen-bond acceptors (Lipinski definition) is 4. The van der Waals surface area contributed by atoms with Gasteiger partial charge in [-0.2, -0.15) is 5.10 Å². The summed E-state index contributed by atoms with van der Waals surface area (Å²) in [5, 5.41) is 17.8. The van der Waals surface area contributed by atoms with E-state index in [0.717, 1.165) is 16.8 Å². The van der Waals surface area contributed by atoms with E-state index in [1.54, 1.807) is 36.1 Å². The van der Waals surface area contributed by atoms with Gasteiger partial charge in [0.2, 0.25) is 5.91 Å². The quantitative estimate of drug-likeness (QED) is 0.432. The van der Waals surface area contributed by atoms with Gasteiger partial charge >= 0.3 is 0 Å². The second-order valence-electron chi connectivity index (χ2n) is 5.63. The third-order valence-electron chi connectivity index (χ3n) is 3.74. The number of aryl methyl sites for hydroxylation is 1. The number of nitrogens with one attached hydrogen (secondary N) is 1. The van der Waals surface area contributed by atoms with Crippen molar-refractivity contribution in [2.24, 2.45) is 0 Å². The summed E-state index contributed by atoms with van der Waals surface area (Å²) in [6, 6.07) is 14.0. The van der Waals surface area contributed by atoms with Crippen LogP contribution in [0.25, 0.3) is 11.8 Å². The van der Waals surface area contributed by atoms with Crippen LogP contribution in [-0.2, 0) is 4.79 Å². The fourth-order valence-electron chi connectivity index (χ4n) is 2.35. The highest BCUT2D eigenvalue weighted by Gasteiger charge is 2.10. The number of benzene rings is 2. The fourth-order valence-corrected chi connectivity index (χ4v) is 2.35. The molecule has 130 valence electrons. The summed E-state index contributed by atoms with van der Waals surface area (Å²) in [5.74, 6) is -0.374. The van der Waals surface area contributed by atoms with Gasteiger partial charge in [0, 0.05) is 30.0 Å². The number of anilines is 1. The largest absolute Gasteiger partial charge is 0.322 e. The number of nitro groups is 1. The average molecular weight is 348 g/mol. The standard InChI is InChI=1S/C19H16N4O3/c1-14-7-9-17(23(25)26)11-18(14)21-19(24)10-8-15-12-20-22(13-15)16-5-3-2-4-6-16/h2-13H,1H3,(H,21,24)/b10-8+. The molecule has 1 heterocycles. The van der Waals surface area contributed by atoms with Gasteiger partial charge in [-0.1, -0.05) is 24.3 Å². The van der Waals surface area contributed by atoms with Crippen molar-refractivity contribution in [3.05, 3.63) is 88.2 Å². The van der Waals surface area contributed by atoms with Gasteiger partial charge in [0.05, 0.1) is 22.5 Å². The Labute approximate surface area is 149 Å². The molecule has 0 bridgehead atoms. The predicted octanol–water partition coefficient (Wildman–Crippen LogP) is 3.74. The zero-order valence-corrected chi connectivity index (χ0v) is 14.0. The lowest BCUT2D eigenvalue weighted by atomic mass is 10.2. The molecular weight excluding hydrogens is 332 g/mol. The van der Waals surface area contributed by atoms with Crippen LogP contribution in [0.1, 0.15) is 11.1 Å². The molecule has 0 unspecified atom stereocenters. The zero-order chi connectivity index (χ0) is 18.5. The number of carbonyl (C=O) groups is 1. The Hall–Kier alpha value is -3.74. The number of rotatable bonds is 5. The first-order chi connectivity index (χ1) is 12.5. The molecule has 0 aliphatic rings. The Morgan fingerprint density at radius 2 is 2.00 bits per heavy atom. The molecule has 0 saturated heterocycles. The maximum Gasteiger partial charge on any atom is 0.271 e. The average Bonchev–Trinajstić information content (AvgIpc) is 3.11. The van der Waals surface area contributed by atoms with Crippen molar-refractivity contribution < 1.29 is 9.72 Å². The lowest BCUT2D eigenvalue weighted by molar-refractivity contribution is -0.384. The van der Waals surface area contributed by atoms with E-state index in [-0.39, 0.29) is 11.6 Å². The van der Waals surface area contributed by atoms with E-state index in [9.17, 15) is 14.9 Å². The predicted molar refractivity (Wildman–Crippen MR) is 99.1 cm³/mol. The van der Waals surface area contributed by atoms with Crippen molar-refractivity contribution in [1.29, 1.82) is 0 Å². The van der Waals surface area contributed by atoms with Crippen LogP contribution in [0, 0.1) is 17.0 Å². The first kappa shape index (κ1) is 17.1. The minimum Gasteiger partial charge on any atom is -0.322 e. The molecule has 3 rings (SSSR count). The summed E-state index contributed by atoms with van der Waals surface area (Å²) in [6.45, 7) is 1.77. The lowest BCUT2D eigenvalue weighted by Gasteiger charge is -2.05. The second-order valence-corrected chi connectivity index (χ2v) is 5.63. The van der Waals surface area contributed by atoms with Crippen molar-refractivity contribution >= 4 is 23.4 Å². The van der Waals surface area contributed by atoms with E-state index in [2.05, 4.69) is 10.4 Å². The Balaban J connectivity index is 1.70.